The molecule has 0 aliphatic rings. The third-order valence-corrected chi connectivity index (χ3v) is 2.51. The summed E-state index contributed by atoms with van der Waals surface area (Å²) in [6.45, 7) is 0. The van der Waals surface area contributed by atoms with Crippen molar-refractivity contribution < 1.29 is 5.11 Å². The zero-order valence-corrected chi connectivity index (χ0v) is 8.22. The highest BCUT2D eigenvalue weighted by atomic mass is 31.0. The summed E-state index contributed by atoms with van der Waals surface area (Å²) in [5, 5.41) is 12.7. The van der Waals surface area contributed by atoms with Crippen LogP contribution >= 0.6 is 9.24 Å². The third kappa shape index (κ3) is 2.28. The van der Waals surface area contributed by atoms with E-state index < -0.39 is 6.10 Å². The fourth-order valence-electron chi connectivity index (χ4n) is 1.02. The van der Waals surface area contributed by atoms with Gasteiger partial charge >= 0.3 is 0 Å². The molecule has 0 saturated carbocycles. The van der Waals surface area contributed by atoms with E-state index in [0.29, 0.717) is 0 Å². The maximum atomic E-state index is 9.71. The Hall–Kier alpha value is -0.430. The van der Waals surface area contributed by atoms with Gasteiger partial charge in [0.1, 0.15) is 0 Å². The van der Waals surface area contributed by atoms with Crippen LogP contribution in [0.4, 0.5) is 0 Å². The number of aliphatic hydroxyl groups is 1. The van der Waals surface area contributed by atoms with E-state index >= 15 is 0 Å². The Balaban J connectivity index is 2.71. The molecular formula is C9H14NOP. The molecule has 0 amide bonds. The van der Waals surface area contributed by atoms with Crippen molar-refractivity contribution in [2.45, 2.75) is 11.9 Å². The predicted octanol–water partition coefficient (Wildman–Crippen LogP) is 1.14. The van der Waals surface area contributed by atoms with Crippen molar-refractivity contribution in [3.05, 3.63) is 35.9 Å². The van der Waals surface area contributed by atoms with Crippen molar-refractivity contribution in [3.8, 4) is 0 Å². The first kappa shape index (κ1) is 9.66. The van der Waals surface area contributed by atoms with Gasteiger partial charge in [-0.1, -0.05) is 30.3 Å². The normalized spacial score (nSPS) is 15.6. The van der Waals surface area contributed by atoms with Crippen LogP contribution in [0, 0.1) is 0 Å². The van der Waals surface area contributed by atoms with Crippen molar-refractivity contribution in [1.29, 1.82) is 0 Å². The minimum atomic E-state index is -0.457. The number of hydrogen-bond acceptors (Lipinski definition) is 2. The van der Waals surface area contributed by atoms with Crippen LogP contribution in [-0.4, -0.2) is 17.9 Å². The van der Waals surface area contributed by atoms with E-state index in [1.165, 1.54) is 0 Å². The number of benzene rings is 1. The van der Waals surface area contributed by atoms with Gasteiger partial charge < -0.3 is 10.4 Å². The molecule has 66 valence electrons. The molecule has 2 nitrogen and oxygen atoms in total. The molecule has 1 aromatic carbocycles. The van der Waals surface area contributed by atoms with E-state index in [0.717, 1.165) is 5.56 Å². The van der Waals surface area contributed by atoms with Crippen molar-refractivity contribution in [1.82, 2.24) is 5.32 Å². The summed E-state index contributed by atoms with van der Waals surface area (Å²) in [4.78, 5) is 0. The smallest absolute Gasteiger partial charge is 0.0977 e. The highest BCUT2D eigenvalue weighted by Gasteiger charge is 2.13. The van der Waals surface area contributed by atoms with E-state index in [2.05, 4.69) is 14.6 Å². The first-order valence-corrected chi connectivity index (χ1v) is 4.58. The fraction of sp³-hybridized carbons (Fsp3) is 0.333. The first-order valence-electron chi connectivity index (χ1n) is 3.91. The molecule has 12 heavy (non-hydrogen) atoms. The molecule has 1 rings (SSSR count). The molecule has 2 unspecified atom stereocenters. The Morgan fingerprint density at radius 1 is 1.33 bits per heavy atom. The van der Waals surface area contributed by atoms with Crippen LogP contribution in [0.1, 0.15) is 11.7 Å². The summed E-state index contributed by atoms with van der Waals surface area (Å²) < 4.78 is 0. The van der Waals surface area contributed by atoms with Crippen LogP contribution in [0.25, 0.3) is 0 Å². The first-order chi connectivity index (χ1) is 5.75. The van der Waals surface area contributed by atoms with Crippen LogP contribution < -0.4 is 5.32 Å². The zero-order valence-electron chi connectivity index (χ0n) is 7.07. The lowest BCUT2D eigenvalue weighted by Gasteiger charge is -2.17. The van der Waals surface area contributed by atoms with Gasteiger partial charge in [-0.15, -0.1) is 9.24 Å². The number of hydrogen-bond donors (Lipinski definition) is 2. The van der Waals surface area contributed by atoms with Gasteiger partial charge in [-0.3, -0.25) is 0 Å². The summed E-state index contributed by atoms with van der Waals surface area (Å²) in [5.74, 6) is 0.00685. The van der Waals surface area contributed by atoms with Gasteiger partial charge in [-0.05, 0) is 12.6 Å². The van der Waals surface area contributed by atoms with Crippen molar-refractivity contribution in [2.24, 2.45) is 0 Å². The molecule has 0 radical (unpaired) electrons. The molecule has 0 spiro atoms. The van der Waals surface area contributed by atoms with Gasteiger partial charge in [0.05, 0.1) is 11.9 Å². The number of rotatable bonds is 3. The standard InChI is InChI=1S/C9H14NOP/c1-10-9(12)8(11)7-5-3-2-4-6-7/h2-6,8-11H,12H2,1H3/t8?,9-/m0/s1. The highest BCUT2D eigenvalue weighted by Crippen LogP contribution is 2.19. The quantitative estimate of drug-likeness (QED) is 0.689. The number of nitrogens with one attached hydrogen (secondary N) is 1. The maximum Gasteiger partial charge on any atom is 0.0977 e. The van der Waals surface area contributed by atoms with Crippen LogP contribution in [0.15, 0.2) is 30.3 Å². The molecule has 0 aliphatic heterocycles. The Morgan fingerprint density at radius 3 is 2.42 bits per heavy atom. The van der Waals surface area contributed by atoms with Crippen molar-refractivity contribution in [2.75, 3.05) is 7.05 Å². The molecular weight excluding hydrogens is 169 g/mol. The molecule has 0 saturated heterocycles. The topological polar surface area (TPSA) is 32.3 Å². The molecule has 3 heteroatoms. The van der Waals surface area contributed by atoms with E-state index in [1.807, 2.05) is 37.4 Å². The van der Waals surface area contributed by atoms with Gasteiger partial charge in [0.25, 0.3) is 0 Å². The molecule has 1 aromatic rings. The minimum Gasteiger partial charge on any atom is -0.386 e. The summed E-state index contributed by atoms with van der Waals surface area (Å²) in [7, 11) is 4.38. The SMILES string of the molecule is CN[C@@H](P)C(O)c1ccccc1. The summed E-state index contributed by atoms with van der Waals surface area (Å²) in [5.41, 5.74) is 0.937. The summed E-state index contributed by atoms with van der Waals surface area (Å²) in [6, 6.07) is 9.61. The Labute approximate surface area is 75.2 Å². The third-order valence-electron chi connectivity index (χ3n) is 1.81. The lowest BCUT2D eigenvalue weighted by atomic mass is 10.1. The number of likely N-dealkylation sites (N-methyl/N-ethyl adjacent to an activating group) is 1. The van der Waals surface area contributed by atoms with Gasteiger partial charge in [0.2, 0.25) is 0 Å². The Morgan fingerprint density at radius 2 is 1.92 bits per heavy atom. The fourth-order valence-corrected chi connectivity index (χ4v) is 1.24. The molecule has 0 bridgehead atoms. The molecule has 0 heterocycles. The second kappa shape index (κ2) is 4.56. The predicted molar refractivity (Wildman–Crippen MR) is 54.0 cm³/mol. The lowest BCUT2D eigenvalue weighted by Crippen LogP contribution is -2.25. The molecule has 0 aromatic heterocycles. The molecule has 0 fully saturated rings. The van der Waals surface area contributed by atoms with Gasteiger partial charge in [-0.25, -0.2) is 0 Å². The molecule has 2 N–H and O–H groups in total. The van der Waals surface area contributed by atoms with Crippen molar-refractivity contribution >= 4 is 9.24 Å². The second-order valence-electron chi connectivity index (χ2n) is 2.67. The van der Waals surface area contributed by atoms with E-state index in [-0.39, 0.29) is 5.78 Å². The summed E-state index contributed by atoms with van der Waals surface area (Å²) in [6.07, 6.45) is -0.457. The monoisotopic (exact) mass is 183 g/mol. The molecule has 3 atom stereocenters. The van der Waals surface area contributed by atoms with E-state index in [1.54, 1.807) is 0 Å². The van der Waals surface area contributed by atoms with Crippen LogP contribution in [0.5, 0.6) is 0 Å². The van der Waals surface area contributed by atoms with E-state index in [9.17, 15) is 5.11 Å². The molecule has 0 aliphatic carbocycles. The summed E-state index contributed by atoms with van der Waals surface area (Å²) >= 11 is 0. The lowest BCUT2D eigenvalue weighted by molar-refractivity contribution is 0.165. The van der Waals surface area contributed by atoms with Crippen LogP contribution in [0.3, 0.4) is 0 Å². The Kier molecular flexibility index (Phi) is 3.67. The van der Waals surface area contributed by atoms with Gasteiger partial charge in [0, 0.05) is 0 Å². The van der Waals surface area contributed by atoms with Crippen LogP contribution in [-0.2, 0) is 0 Å². The van der Waals surface area contributed by atoms with Gasteiger partial charge in [-0.2, -0.15) is 0 Å². The zero-order chi connectivity index (χ0) is 8.97. The van der Waals surface area contributed by atoms with Gasteiger partial charge in [0.15, 0.2) is 0 Å². The largest absolute Gasteiger partial charge is 0.386 e. The average molecular weight is 183 g/mol. The Bertz CT molecular complexity index is 227. The van der Waals surface area contributed by atoms with Crippen LogP contribution in [0.2, 0.25) is 0 Å². The second-order valence-corrected chi connectivity index (χ2v) is 3.39. The average Bonchev–Trinajstić information content (AvgIpc) is 2.17. The van der Waals surface area contributed by atoms with Crippen molar-refractivity contribution in [3.63, 3.8) is 0 Å². The highest BCUT2D eigenvalue weighted by molar-refractivity contribution is 7.17. The maximum absolute atomic E-state index is 9.71. The van der Waals surface area contributed by atoms with E-state index in [4.69, 9.17) is 0 Å². The minimum absolute atomic E-state index is 0.00685. The number of aliphatic hydroxyl groups excluding tert-OH is 1.